The number of rotatable bonds is 12. The fourth-order valence-electron chi connectivity index (χ4n) is 10.6. The molecule has 0 bridgehead atoms. The summed E-state index contributed by atoms with van der Waals surface area (Å²) in [6.07, 6.45) is 0. The van der Waals surface area contributed by atoms with Gasteiger partial charge in [-0.2, -0.15) is 0 Å². The average Bonchev–Trinajstić information content (AvgIpc) is 3.33. The van der Waals surface area contributed by atoms with Crippen LogP contribution in [0.3, 0.4) is 0 Å². The summed E-state index contributed by atoms with van der Waals surface area (Å²) in [7, 11) is 3.18. The van der Waals surface area contributed by atoms with Crippen molar-refractivity contribution in [2.45, 2.75) is 129 Å². The van der Waals surface area contributed by atoms with Gasteiger partial charge in [-0.05, 0) is 109 Å². The Balaban J connectivity index is 1.86. The number of benzene rings is 7. The number of methoxy groups -OCH3 is 2. The molecule has 0 saturated carbocycles. The highest BCUT2D eigenvalue weighted by Crippen LogP contribution is 2.59. The van der Waals surface area contributed by atoms with E-state index in [1.807, 2.05) is 196 Å². The molecule has 0 aliphatic heterocycles. The third kappa shape index (κ3) is 9.20. The van der Waals surface area contributed by atoms with Crippen molar-refractivity contribution in [3.05, 3.63) is 211 Å². The van der Waals surface area contributed by atoms with Gasteiger partial charge in [-0.25, -0.2) is 0 Å². The summed E-state index contributed by atoms with van der Waals surface area (Å²) in [5.41, 5.74) is 2.20. The molecule has 0 aliphatic rings. The number of phenolic OH excluding ortho intramolecular Hbond substituents is 3. The van der Waals surface area contributed by atoms with Crippen molar-refractivity contribution in [2.75, 3.05) is 14.2 Å². The van der Waals surface area contributed by atoms with E-state index in [-0.39, 0.29) is 29.6 Å². The maximum atomic E-state index is 13.2. The van der Waals surface area contributed by atoms with Gasteiger partial charge in [0.05, 0.1) is 38.3 Å². The Hall–Kier alpha value is -6.74. The first-order chi connectivity index (χ1) is 33.7. The molecule has 0 radical (unpaired) electrons. The molecule has 72 heavy (non-hydrogen) atoms. The highest BCUT2D eigenvalue weighted by molar-refractivity contribution is 5.74. The largest absolute Gasteiger partial charge is 0.507 e. The molecule has 0 fully saturated rings. The zero-order valence-electron chi connectivity index (χ0n) is 44.6. The van der Waals surface area contributed by atoms with Crippen LogP contribution < -0.4 is 9.47 Å². The van der Waals surface area contributed by atoms with Crippen LogP contribution in [0.1, 0.15) is 161 Å². The van der Waals surface area contributed by atoms with E-state index in [1.165, 1.54) is 0 Å². The summed E-state index contributed by atoms with van der Waals surface area (Å²) in [5, 5.41) is 74.7. The number of phenols is 4. The first-order valence-corrected chi connectivity index (χ1v) is 24.7. The number of aromatic hydroxyl groups is 4. The monoisotopic (exact) mass is 971 g/mol. The van der Waals surface area contributed by atoms with E-state index in [9.17, 15) is 30.6 Å². The number of aliphatic hydroxyl groups excluding tert-OH is 2. The highest BCUT2D eigenvalue weighted by atomic mass is 16.5. The molecule has 0 aromatic heterocycles. The lowest BCUT2D eigenvalue weighted by Crippen LogP contribution is -2.35. The molecule has 6 N–H and O–H groups in total. The molecule has 2 atom stereocenters. The Morgan fingerprint density at radius 1 is 0.333 bits per heavy atom. The second-order valence-corrected chi connectivity index (χ2v) is 23.3. The van der Waals surface area contributed by atoms with Crippen molar-refractivity contribution in [1.29, 1.82) is 0 Å². The predicted molar refractivity (Wildman–Crippen MR) is 289 cm³/mol. The van der Waals surface area contributed by atoms with Crippen molar-refractivity contribution in [2.24, 2.45) is 0 Å². The van der Waals surface area contributed by atoms with Crippen LogP contribution in [0.2, 0.25) is 0 Å². The summed E-state index contributed by atoms with van der Waals surface area (Å²) in [6.45, 7) is 23.6. The molecule has 0 amide bonds. The summed E-state index contributed by atoms with van der Waals surface area (Å²) in [6, 6.07) is 42.2. The molecule has 7 aromatic rings. The topological polar surface area (TPSA) is 140 Å². The van der Waals surface area contributed by atoms with Crippen LogP contribution >= 0.6 is 0 Å². The van der Waals surface area contributed by atoms with Gasteiger partial charge in [-0.15, -0.1) is 0 Å². The summed E-state index contributed by atoms with van der Waals surface area (Å²) in [5.74, 6) is 0.757. The lowest BCUT2D eigenvalue weighted by Gasteiger charge is -2.42. The first kappa shape index (κ1) is 53.1. The Bertz CT molecular complexity index is 2850. The predicted octanol–water partition coefficient (Wildman–Crippen LogP) is 13.5. The summed E-state index contributed by atoms with van der Waals surface area (Å²) >= 11 is 0. The first-order valence-electron chi connectivity index (χ1n) is 24.7. The molecule has 2 unspecified atom stereocenters. The van der Waals surface area contributed by atoms with Gasteiger partial charge in [0.2, 0.25) is 0 Å². The molecule has 0 aliphatic carbocycles. The zero-order valence-corrected chi connectivity index (χ0v) is 44.6. The number of hydrogen-bond donors (Lipinski definition) is 6. The minimum Gasteiger partial charge on any atom is -0.507 e. The minimum atomic E-state index is -1.59. The molecular weight excluding hydrogens is 897 g/mol. The van der Waals surface area contributed by atoms with E-state index in [4.69, 9.17) is 9.47 Å². The van der Waals surface area contributed by atoms with Gasteiger partial charge in [0.25, 0.3) is 0 Å². The van der Waals surface area contributed by atoms with Crippen molar-refractivity contribution in [1.82, 2.24) is 0 Å². The van der Waals surface area contributed by atoms with E-state index in [0.29, 0.717) is 83.8 Å². The third-order valence-corrected chi connectivity index (χ3v) is 14.4. The molecule has 0 saturated heterocycles. The molecule has 8 nitrogen and oxygen atoms in total. The molecule has 8 heteroatoms. The highest BCUT2D eigenvalue weighted by Gasteiger charge is 2.49. The molecule has 378 valence electrons. The Morgan fingerprint density at radius 2 is 0.681 bits per heavy atom. The van der Waals surface area contributed by atoms with E-state index in [0.717, 1.165) is 5.56 Å². The normalized spacial score (nSPS) is 14.1. The van der Waals surface area contributed by atoms with Gasteiger partial charge in [-0.1, -0.05) is 168 Å². The van der Waals surface area contributed by atoms with E-state index >= 15 is 0 Å². The average molecular weight is 971 g/mol. The minimum absolute atomic E-state index is 0.0126. The van der Waals surface area contributed by atoms with Crippen molar-refractivity contribution in [3.8, 4) is 34.5 Å². The van der Waals surface area contributed by atoms with Gasteiger partial charge in [-0.3, -0.25) is 0 Å². The molecule has 7 aromatic carbocycles. The lowest BCUT2D eigenvalue weighted by molar-refractivity contribution is 0.274. The van der Waals surface area contributed by atoms with E-state index in [1.54, 1.807) is 14.2 Å². The standard InChI is InChI=1S/C64H74O8/c1-59(2,3)45-30-40(38-66)55(67)52(32-45)64(42-24-19-16-20-25-42,54-36-47(72-14)34-50(58(54)70)62(10,11)12)44-27-21-26-43(31-44)63(41-22-17-15-18-23-41,51-29-39(37-65)28-48(56(51)68)60(4,5)6)53-35-46(71-13)33-49(57(53)69)61(7,8)9/h15-36,65-70H,37-38H2,1-14H3. The van der Waals surface area contributed by atoms with Gasteiger partial charge < -0.3 is 40.1 Å². The fraction of sp³-hybridized carbons (Fsp3) is 0.344. The second-order valence-electron chi connectivity index (χ2n) is 23.3. The zero-order chi connectivity index (χ0) is 52.9. The van der Waals surface area contributed by atoms with Crippen LogP contribution in [0.4, 0.5) is 0 Å². The summed E-state index contributed by atoms with van der Waals surface area (Å²) < 4.78 is 12.2. The van der Waals surface area contributed by atoms with Gasteiger partial charge in [0, 0.05) is 38.9 Å². The molecule has 0 heterocycles. The molecule has 7 rings (SSSR count). The van der Waals surface area contributed by atoms with Gasteiger partial charge in [0.15, 0.2) is 0 Å². The van der Waals surface area contributed by atoms with Crippen LogP contribution in [0.15, 0.2) is 133 Å². The Kier molecular flexibility index (Phi) is 14.3. The molecule has 0 spiro atoms. The van der Waals surface area contributed by atoms with Gasteiger partial charge >= 0.3 is 0 Å². The second kappa shape index (κ2) is 19.4. The number of aliphatic hydroxyl groups is 2. The van der Waals surface area contributed by atoms with Crippen molar-refractivity contribution >= 4 is 0 Å². The van der Waals surface area contributed by atoms with Crippen LogP contribution in [0, 0.1) is 0 Å². The quantitative estimate of drug-likeness (QED) is 0.0666. The molecular formula is C64H74O8. The van der Waals surface area contributed by atoms with Crippen LogP contribution in [0.25, 0.3) is 0 Å². The fourth-order valence-corrected chi connectivity index (χ4v) is 10.6. The maximum absolute atomic E-state index is 13.2. The smallest absolute Gasteiger partial charge is 0.125 e. The summed E-state index contributed by atoms with van der Waals surface area (Å²) in [4.78, 5) is 0. The number of ether oxygens (including phenoxy) is 2. The lowest BCUT2D eigenvalue weighted by atomic mass is 9.59. The SMILES string of the molecule is COc1cc(C(C)(C)C)c(O)c(C(c2ccccc2)(c2cccc(C(c3ccccc3)(c3cc(CO)cc(C(C)(C)C)c3O)c3cc(OC)cc(C(C)(C)C)c3O)c2)c2cc(C(C)(C)C)cc(CO)c2O)c1. The Morgan fingerprint density at radius 3 is 1.04 bits per heavy atom. The number of hydrogen-bond acceptors (Lipinski definition) is 8. The van der Waals surface area contributed by atoms with Crippen LogP contribution in [-0.4, -0.2) is 44.9 Å². The maximum Gasteiger partial charge on any atom is 0.125 e. The van der Waals surface area contributed by atoms with Crippen molar-refractivity contribution in [3.63, 3.8) is 0 Å². The third-order valence-electron chi connectivity index (χ3n) is 14.4. The van der Waals surface area contributed by atoms with Crippen molar-refractivity contribution < 1.29 is 40.1 Å². The van der Waals surface area contributed by atoms with E-state index in [2.05, 4.69) is 20.8 Å². The Labute approximate surface area is 427 Å². The van der Waals surface area contributed by atoms with Gasteiger partial charge in [0.1, 0.15) is 34.5 Å². The van der Waals surface area contributed by atoms with Crippen LogP contribution in [-0.2, 0) is 45.7 Å². The van der Waals surface area contributed by atoms with Crippen LogP contribution in [0.5, 0.6) is 34.5 Å². The van der Waals surface area contributed by atoms with E-state index < -0.39 is 39.1 Å².